The Balaban J connectivity index is 1.97. The van der Waals surface area contributed by atoms with Gasteiger partial charge in [-0.2, -0.15) is 0 Å². The fourth-order valence-corrected chi connectivity index (χ4v) is 4.15. The van der Waals surface area contributed by atoms with Crippen molar-refractivity contribution in [2.45, 2.75) is 31.7 Å². The smallest absolute Gasteiger partial charge is 0.301 e. The zero-order valence-electron chi connectivity index (χ0n) is 16.0. The molecule has 1 amide bonds. The first kappa shape index (κ1) is 20.2. The van der Waals surface area contributed by atoms with Crippen molar-refractivity contribution < 1.29 is 4.79 Å². The summed E-state index contributed by atoms with van der Waals surface area (Å²) in [5, 5.41) is 5.75. The number of carbonyl (C=O) groups is 1. The van der Waals surface area contributed by atoms with Gasteiger partial charge in [0.1, 0.15) is 16.2 Å². The maximum absolute atomic E-state index is 12.7. The summed E-state index contributed by atoms with van der Waals surface area (Å²) < 4.78 is 2.35. The number of thiazole rings is 1. The number of anilines is 1. The molecule has 3 rings (SSSR count). The van der Waals surface area contributed by atoms with E-state index in [0.717, 1.165) is 28.4 Å². The molecule has 3 aromatic rings. The van der Waals surface area contributed by atoms with E-state index >= 15 is 0 Å². The van der Waals surface area contributed by atoms with Gasteiger partial charge in [-0.05, 0) is 13.3 Å². The van der Waals surface area contributed by atoms with Gasteiger partial charge < -0.3 is 5.32 Å². The Bertz CT molecular complexity index is 1160. The van der Waals surface area contributed by atoms with Gasteiger partial charge in [0, 0.05) is 25.9 Å². The number of aromatic nitrogens is 5. The third kappa shape index (κ3) is 3.99. The van der Waals surface area contributed by atoms with Crippen LogP contribution in [0, 0.1) is 6.92 Å². The quantitative estimate of drug-likeness (QED) is 0.475. The molecular formula is C17H20N6O3S2. The Hall–Kier alpha value is -2.53. The number of thioether (sulfide) groups is 1. The Kier molecular flexibility index (Phi) is 5.94. The average Bonchev–Trinajstić information content (AvgIpc) is 3.07. The van der Waals surface area contributed by atoms with E-state index in [1.54, 1.807) is 7.05 Å². The number of aryl methyl sites for hydroxylation is 3. The number of amides is 1. The van der Waals surface area contributed by atoms with Crippen LogP contribution in [0.15, 0.2) is 20.0 Å². The molecule has 0 atom stereocenters. The van der Waals surface area contributed by atoms with Crippen molar-refractivity contribution in [1.82, 2.24) is 24.1 Å². The number of fused-ring (bicyclic) bond motifs is 1. The summed E-state index contributed by atoms with van der Waals surface area (Å²) in [5.74, 6) is 0.351. The third-order valence-corrected chi connectivity index (χ3v) is 5.84. The molecule has 0 saturated heterocycles. The van der Waals surface area contributed by atoms with Crippen LogP contribution >= 0.6 is 23.1 Å². The summed E-state index contributed by atoms with van der Waals surface area (Å²) in [6.07, 6.45) is 1.43. The van der Waals surface area contributed by atoms with Gasteiger partial charge in [-0.3, -0.25) is 18.7 Å². The zero-order valence-corrected chi connectivity index (χ0v) is 17.6. The lowest BCUT2D eigenvalue weighted by atomic mass is 10.3. The van der Waals surface area contributed by atoms with Crippen LogP contribution in [-0.2, 0) is 25.3 Å². The van der Waals surface area contributed by atoms with Gasteiger partial charge in [0.25, 0.3) is 5.56 Å². The highest BCUT2D eigenvalue weighted by molar-refractivity contribution is 8.00. The van der Waals surface area contributed by atoms with Crippen molar-refractivity contribution in [3.8, 4) is 0 Å². The van der Waals surface area contributed by atoms with E-state index in [9.17, 15) is 14.4 Å². The van der Waals surface area contributed by atoms with Crippen molar-refractivity contribution in [1.29, 1.82) is 0 Å². The highest BCUT2D eigenvalue weighted by atomic mass is 32.2. The predicted molar refractivity (Wildman–Crippen MR) is 110 cm³/mol. The fourth-order valence-electron chi connectivity index (χ4n) is 2.61. The van der Waals surface area contributed by atoms with Gasteiger partial charge in [-0.25, -0.2) is 19.7 Å². The molecule has 148 valence electrons. The molecular weight excluding hydrogens is 400 g/mol. The summed E-state index contributed by atoms with van der Waals surface area (Å²) in [4.78, 5) is 50.3. The van der Waals surface area contributed by atoms with Crippen LogP contribution in [-0.4, -0.2) is 35.7 Å². The topological polar surface area (TPSA) is 112 Å². The van der Waals surface area contributed by atoms with E-state index in [-0.39, 0.29) is 22.7 Å². The number of hydrogen-bond acceptors (Lipinski definition) is 8. The Morgan fingerprint density at radius 3 is 2.61 bits per heavy atom. The molecule has 1 N–H and O–H groups in total. The molecule has 0 fully saturated rings. The Morgan fingerprint density at radius 2 is 1.96 bits per heavy atom. The van der Waals surface area contributed by atoms with Gasteiger partial charge >= 0.3 is 5.69 Å². The van der Waals surface area contributed by atoms with E-state index in [1.165, 1.54) is 23.0 Å². The van der Waals surface area contributed by atoms with Gasteiger partial charge in [0.15, 0.2) is 10.8 Å². The van der Waals surface area contributed by atoms with Crippen molar-refractivity contribution in [2.24, 2.45) is 14.1 Å². The molecule has 28 heavy (non-hydrogen) atoms. The molecule has 0 unspecified atom stereocenters. The van der Waals surface area contributed by atoms with Gasteiger partial charge in [0.2, 0.25) is 5.91 Å². The van der Waals surface area contributed by atoms with Crippen molar-refractivity contribution >= 4 is 45.2 Å². The molecule has 9 nitrogen and oxygen atoms in total. The number of hydrogen-bond donors (Lipinski definition) is 1. The molecule has 0 bridgehead atoms. The van der Waals surface area contributed by atoms with Crippen molar-refractivity contribution in [3.05, 3.63) is 37.7 Å². The van der Waals surface area contributed by atoms with E-state index in [1.807, 2.05) is 19.2 Å². The maximum atomic E-state index is 12.7. The predicted octanol–water partition coefficient (Wildman–Crippen LogP) is 1.48. The minimum Gasteiger partial charge on any atom is -0.301 e. The Labute approximate surface area is 168 Å². The number of carbonyl (C=O) groups excluding carboxylic acids is 1. The standard InChI is InChI=1S/C17H20N6O3S2/c1-5-6-10-19-13-12(15(25)23(4)17(26)22(13)3)14(20-10)27-8-11(24)21-16-18-9(2)7-28-16/h7H,5-6,8H2,1-4H3,(H,18,21,24). The molecule has 3 aromatic heterocycles. The number of nitrogens with one attached hydrogen (secondary N) is 1. The second-order valence-corrected chi connectivity index (χ2v) is 8.05. The SMILES string of the molecule is CCCc1nc(SCC(=O)Nc2nc(C)cs2)c2c(=O)n(C)c(=O)n(C)c2n1. The second kappa shape index (κ2) is 8.23. The largest absolute Gasteiger partial charge is 0.332 e. The molecule has 0 spiro atoms. The van der Waals surface area contributed by atoms with Crippen molar-refractivity contribution in [3.63, 3.8) is 0 Å². The molecule has 0 saturated carbocycles. The molecule has 0 aliphatic heterocycles. The lowest BCUT2D eigenvalue weighted by molar-refractivity contribution is -0.113. The first-order chi connectivity index (χ1) is 13.3. The normalized spacial score (nSPS) is 11.1. The molecule has 11 heteroatoms. The average molecular weight is 421 g/mol. The van der Waals surface area contributed by atoms with Crippen LogP contribution in [0.3, 0.4) is 0 Å². The monoisotopic (exact) mass is 420 g/mol. The zero-order chi connectivity index (χ0) is 20.4. The van der Waals surface area contributed by atoms with Crippen LogP contribution in [0.1, 0.15) is 24.9 Å². The molecule has 0 aromatic carbocycles. The highest BCUT2D eigenvalue weighted by Crippen LogP contribution is 2.23. The molecule has 0 aliphatic carbocycles. The van der Waals surface area contributed by atoms with Crippen molar-refractivity contribution in [2.75, 3.05) is 11.1 Å². The number of rotatable bonds is 6. The van der Waals surface area contributed by atoms with E-state index in [0.29, 0.717) is 22.4 Å². The van der Waals surface area contributed by atoms with Crippen LogP contribution < -0.4 is 16.6 Å². The lowest BCUT2D eigenvalue weighted by Gasteiger charge is -2.11. The summed E-state index contributed by atoms with van der Waals surface area (Å²) in [6, 6.07) is 0. The van der Waals surface area contributed by atoms with E-state index < -0.39 is 11.2 Å². The van der Waals surface area contributed by atoms with E-state index in [4.69, 9.17) is 0 Å². The molecule has 0 aliphatic rings. The fraction of sp³-hybridized carbons (Fsp3) is 0.412. The van der Waals surface area contributed by atoms with Gasteiger partial charge in [-0.1, -0.05) is 18.7 Å². The van der Waals surface area contributed by atoms with E-state index in [2.05, 4.69) is 20.3 Å². The summed E-state index contributed by atoms with van der Waals surface area (Å²) in [5.41, 5.74) is 0.194. The highest BCUT2D eigenvalue weighted by Gasteiger charge is 2.18. The second-order valence-electron chi connectivity index (χ2n) is 6.23. The lowest BCUT2D eigenvalue weighted by Crippen LogP contribution is -2.38. The first-order valence-corrected chi connectivity index (χ1v) is 10.5. The first-order valence-electron chi connectivity index (χ1n) is 8.63. The van der Waals surface area contributed by atoms with Gasteiger partial charge in [0.05, 0.1) is 11.4 Å². The summed E-state index contributed by atoms with van der Waals surface area (Å²) >= 11 is 2.50. The minimum absolute atomic E-state index is 0.0578. The van der Waals surface area contributed by atoms with Crippen LogP contribution in [0.5, 0.6) is 0 Å². The number of nitrogens with zero attached hydrogens (tertiary/aromatic N) is 5. The van der Waals surface area contributed by atoms with Crippen LogP contribution in [0.25, 0.3) is 11.0 Å². The van der Waals surface area contributed by atoms with Crippen LogP contribution in [0.2, 0.25) is 0 Å². The molecule has 3 heterocycles. The third-order valence-electron chi connectivity index (χ3n) is 3.99. The summed E-state index contributed by atoms with van der Waals surface area (Å²) in [7, 11) is 2.98. The van der Waals surface area contributed by atoms with Gasteiger partial charge in [-0.15, -0.1) is 11.3 Å². The maximum Gasteiger partial charge on any atom is 0.332 e. The Morgan fingerprint density at radius 1 is 1.21 bits per heavy atom. The molecule has 0 radical (unpaired) electrons. The van der Waals surface area contributed by atoms with Crippen LogP contribution in [0.4, 0.5) is 5.13 Å². The minimum atomic E-state index is -0.473. The summed E-state index contributed by atoms with van der Waals surface area (Å²) in [6.45, 7) is 3.84.